The molecule has 2 aliphatic carbocycles. The molecule has 3 heteroatoms. The number of hydrogen-bond acceptors (Lipinski definition) is 3. The first-order valence-electron chi connectivity index (χ1n) is 8.33. The van der Waals surface area contributed by atoms with Gasteiger partial charge in [-0.15, -0.1) is 0 Å². The molecule has 0 fully saturated rings. The van der Waals surface area contributed by atoms with Crippen LogP contribution in [0.25, 0.3) is 0 Å². The maximum Gasteiger partial charge on any atom is 0.341 e. The number of ether oxygens (including phenoxy) is 1. The van der Waals surface area contributed by atoms with Gasteiger partial charge in [-0.05, 0) is 64.2 Å². The van der Waals surface area contributed by atoms with E-state index in [4.69, 9.17) is 4.74 Å². The summed E-state index contributed by atoms with van der Waals surface area (Å²) < 4.78 is 5.06. The van der Waals surface area contributed by atoms with E-state index in [2.05, 4.69) is 13.2 Å². The molecule has 0 bridgehead atoms. The van der Waals surface area contributed by atoms with Crippen LogP contribution in [0.4, 0.5) is 0 Å². The Morgan fingerprint density at radius 1 is 0.913 bits per heavy atom. The van der Waals surface area contributed by atoms with E-state index in [1.165, 1.54) is 0 Å². The zero-order valence-electron chi connectivity index (χ0n) is 14.2. The molecule has 124 valence electrons. The van der Waals surface area contributed by atoms with E-state index in [1.807, 2.05) is 26.0 Å². The van der Waals surface area contributed by atoms with Gasteiger partial charge in [0.05, 0.1) is 0 Å². The van der Waals surface area contributed by atoms with Crippen molar-refractivity contribution in [2.45, 2.75) is 52.4 Å². The second kappa shape index (κ2) is 7.58. The van der Waals surface area contributed by atoms with Gasteiger partial charge in [0.25, 0.3) is 0 Å². The zero-order chi connectivity index (χ0) is 17.0. The molecule has 0 spiro atoms. The summed E-state index contributed by atoms with van der Waals surface area (Å²) >= 11 is 0. The molecular weight excluding hydrogens is 288 g/mol. The highest BCUT2D eigenvalue weighted by molar-refractivity contribution is 6.01. The summed E-state index contributed by atoms with van der Waals surface area (Å²) in [5, 5.41) is 0. The molecule has 0 radical (unpaired) electrons. The highest BCUT2D eigenvalue weighted by Crippen LogP contribution is 2.30. The molecule has 0 N–H and O–H groups in total. The molecule has 0 aliphatic heterocycles. The number of carbonyl (C=O) groups is 2. The third-order valence-corrected chi connectivity index (χ3v) is 4.93. The molecule has 2 aliphatic rings. The van der Waals surface area contributed by atoms with E-state index in [9.17, 15) is 9.59 Å². The average Bonchev–Trinajstić information content (AvgIpc) is 2.54. The summed E-state index contributed by atoms with van der Waals surface area (Å²) in [7, 11) is 0. The normalized spacial score (nSPS) is 24.3. The Morgan fingerprint density at radius 3 is 1.57 bits per heavy atom. The van der Waals surface area contributed by atoms with Gasteiger partial charge in [0.1, 0.15) is 0 Å². The lowest BCUT2D eigenvalue weighted by Crippen LogP contribution is -2.20. The molecule has 0 aromatic rings. The van der Waals surface area contributed by atoms with Gasteiger partial charge in [-0.3, -0.25) is 0 Å². The van der Waals surface area contributed by atoms with E-state index < -0.39 is 11.9 Å². The van der Waals surface area contributed by atoms with Crippen LogP contribution in [-0.4, -0.2) is 11.9 Å². The Kier molecular flexibility index (Phi) is 5.75. The van der Waals surface area contributed by atoms with Crippen LogP contribution >= 0.6 is 0 Å². The van der Waals surface area contributed by atoms with E-state index in [0.717, 1.165) is 36.8 Å². The van der Waals surface area contributed by atoms with E-state index in [-0.39, 0.29) is 0 Å². The third kappa shape index (κ3) is 4.54. The lowest BCUT2D eigenvalue weighted by atomic mass is 9.85. The predicted octanol–water partition coefficient (Wildman–Crippen LogP) is 4.66. The second-order valence-electron chi connectivity index (χ2n) is 6.77. The number of allylic oxidation sites excluding steroid dienone is 4. The fraction of sp³-hybridized carbons (Fsp3) is 0.500. The van der Waals surface area contributed by atoms with Crippen molar-refractivity contribution >= 4 is 11.9 Å². The van der Waals surface area contributed by atoms with E-state index >= 15 is 0 Å². The van der Waals surface area contributed by atoms with Gasteiger partial charge in [0.2, 0.25) is 0 Å². The summed E-state index contributed by atoms with van der Waals surface area (Å²) in [5.74, 6) is -0.110. The molecule has 23 heavy (non-hydrogen) atoms. The Bertz CT molecular complexity index is 540. The maximum atomic E-state index is 12.1. The quantitative estimate of drug-likeness (QED) is 0.430. The fourth-order valence-corrected chi connectivity index (χ4v) is 3.15. The smallest absolute Gasteiger partial charge is 0.341 e. The highest BCUT2D eigenvalue weighted by atomic mass is 16.6. The lowest BCUT2D eigenvalue weighted by molar-refractivity contribution is -0.154. The molecule has 2 atom stereocenters. The number of rotatable bonds is 4. The first kappa shape index (κ1) is 17.5. The summed E-state index contributed by atoms with van der Waals surface area (Å²) in [5.41, 5.74) is 3.52. The molecule has 0 heterocycles. The first-order chi connectivity index (χ1) is 10.9. The number of hydrogen-bond donors (Lipinski definition) is 0. The minimum Gasteiger partial charge on any atom is -0.386 e. The minimum atomic E-state index is -0.488. The van der Waals surface area contributed by atoms with Gasteiger partial charge in [-0.1, -0.05) is 36.5 Å². The summed E-state index contributed by atoms with van der Waals surface area (Å²) in [4.78, 5) is 24.3. The van der Waals surface area contributed by atoms with Crippen LogP contribution in [0.2, 0.25) is 0 Å². The molecule has 0 aromatic heterocycles. The number of esters is 2. The molecule has 0 saturated carbocycles. The topological polar surface area (TPSA) is 43.4 Å². The van der Waals surface area contributed by atoms with Gasteiger partial charge >= 0.3 is 11.9 Å². The molecule has 2 rings (SSSR count). The van der Waals surface area contributed by atoms with Crippen molar-refractivity contribution in [2.24, 2.45) is 11.8 Å². The van der Waals surface area contributed by atoms with Gasteiger partial charge in [-0.25, -0.2) is 9.59 Å². The van der Waals surface area contributed by atoms with Crippen LogP contribution < -0.4 is 0 Å². The Hall–Kier alpha value is -1.90. The molecular formula is C20H26O3. The van der Waals surface area contributed by atoms with Crippen LogP contribution in [0, 0.1) is 11.8 Å². The minimum absolute atomic E-state index is 0.433. The Morgan fingerprint density at radius 2 is 1.30 bits per heavy atom. The predicted molar refractivity (Wildman–Crippen MR) is 91.6 cm³/mol. The maximum absolute atomic E-state index is 12.1. The fourth-order valence-electron chi connectivity index (χ4n) is 3.15. The van der Waals surface area contributed by atoms with Crippen molar-refractivity contribution in [2.75, 3.05) is 0 Å². The molecule has 0 saturated heterocycles. The molecule has 0 amide bonds. The average molecular weight is 314 g/mol. The SMILES string of the molecule is C=C(C)C1CC=C(C(=O)OC(=O)C2=CCC(C(=C)C)CC2)CC1. The van der Waals surface area contributed by atoms with E-state index in [1.54, 1.807) is 0 Å². The van der Waals surface area contributed by atoms with Crippen molar-refractivity contribution < 1.29 is 14.3 Å². The van der Waals surface area contributed by atoms with E-state index in [0.29, 0.717) is 35.8 Å². The number of carbonyl (C=O) groups excluding carboxylic acids is 2. The molecule has 3 nitrogen and oxygen atoms in total. The van der Waals surface area contributed by atoms with Crippen molar-refractivity contribution in [3.63, 3.8) is 0 Å². The summed E-state index contributed by atoms with van der Waals surface area (Å²) in [6.07, 6.45) is 8.49. The van der Waals surface area contributed by atoms with Crippen LogP contribution in [0.5, 0.6) is 0 Å². The zero-order valence-corrected chi connectivity index (χ0v) is 14.2. The monoisotopic (exact) mass is 314 g/mol. The Balaban J connectivity index is 1.90. The van der Waals surface area contributed by atoms with Crippen molar-refractivity contribution in [3.05, 3.63) is 47.6 Å². The largest absolute Gasteiger partial charge is 0.386 e. The van der Waals surface area contributed by atoms with Gasteiger partial charge in [0.15, 0.2) is 0 Å². The van der Waals surface area contributed by atoms with Crippen LogP contribution in [0.15, 0.2) is 47.6 Å². The second-order valence-corrected chi connectivity index (χ2v) is 6.77. The van der Waals surface area contributed by atoms with Gasteiger partial charge in [-0.2, -0.15) is 0 Å². The third-order valence-electron chi connectivity index (χ3n) is 4.93. The van der Waals surface area contributed by atoms with Crippen molar-refractivity contribution in [1.29, 1.82) is 0 Å². The lowest BCUT2D eigenvalue weighted by Gasteiger charge is -2.22. The van der Waals surface area contributed by atoms with Crippen molar-refractivity contribution in [3.8, 4) is 0 Å². The molecule has 2 unspecified atom stereocenters. The van der Waals surface area contributed by atoms with Crippen LogP contribution in [-0.2, 0) is 14.3 Å². The van der Waals surface area contributed by atoms with Crippen LogP contribution in [0.1, 0.15) is 52.4 Å². The van der Waals surface area contributed by atoms with Crippen LogP contribution in [0.3, 0.4) is 0 Å². The summed E-state index contributed by atoms with van der Waals surface area (Å²) in [6, 6.07) is 0. The summed E-state index contributed by atoms with van der Waals surface area (Å²) in [6.45, 7) is 12.0. The Labute approximate surface area is 138 Å². The van der Waals surface area contributed by atoms with Gasteiger partial charge in [0, 0.05) is 11.1 Å². The highest BCUT2D eigenvalue weighted by Gasteiger charge is 2.25. The standard InChI is InChI=1S/C20H26O3/c1-13(2)15-5-9-17(10-6-15)19(21)23-20(22)18-11-7-16(8-12-18)14(3)4/h9,11,15-16H,1,3,5-8,10,12H2,2,4H3. The van der Waals surface area contributed by atoms with Gasteiger partial charge < -0.3 is 4.74 Å². The first-order valence-corrected chi connectivity index (χ1v) is 8.33. The molecule has 0 aromatic carbocycles. The van der Waals surface area contributed by atoms with Crippen molar-refractivity contribution in [1.82, 2.24) is 0 Å².